The maximum absolute atomic E-state index is 13.4. The van der Waals surface area contributed by atoms with Gasteiger partial charge in [-0.25, -0.2) is 9.36 Å². The molecule has 33 heavy (non-hydrogen) atoms. The molecule has 0 saturated heterocycles. The highest BCUT2D eigenvalue weighted by atomic mass is 16.2. The molecule has 0 atom stereocenters. The van der Waals surface area contributed by atoms with Gasteiger partial charge in [0.15, 0.2) is 0 Å². The second kappa shape index (κ2) is 9.02. The van der Waals surface area contributed by atoms with E-state index in [4.69, 9.17) is 0 Å². The Balaban J connectivity index is 1.74. The molecule has 0 unspecified atom stereocenters. The second-order valence-corrected chi connectivity index (χ2v) is 8.69. The van der Waals surface area contributed by atoms with Crippen molar-refractivity contribution in [3.05, 3.63) is 81.4 Å². The molecule has 0 bridgehead atoms. The van der Waals surface area contributed by atoms with Gasteiger partial charge in [-0.15, -0.1) is 0 Å². The molecule has 0 fully saturated rings. The first-order valence-corrected chi connectivity index (χ1v) is 11.2. The van der Waals surface area contributed by atoms with Crippen molar-refractivity contribution in [1.29, 1.82) is 0 Å². The Morgan fingerprint density at radius 1 is 1.06 bits per heavy atom. The number of carbonyl (C=O) groups is 1. The number of nitrogens with one attached hydrogen (secondary N) is 1. The largest absolute Gasteiger partial charge is 0.324 e. The molecule has 0 saturated carbocycles. The normalized spacial score (nSPS) is 11.3. The zero-order valence-electron chi connectivity index (χ0n) is 19.7. The van der Waals surface area contributed by atoms with Crippen LogP contribution in [0.3, 0.4) is 0 Å². The molecule has 0 radical (unpaired) electrons. The van der Waals surface area contributed by atoms with Crippen LogP contribution < -0.4 is 10.9 Å². The summed E-state index contributed by atoms with van der Waals surface area (Å²) in [6.07, 6.45) is 2.62. The van der Waals surface area contributed by atoms with E-state index in [1.54, 1.807) is 10.9 Å². The number of nitrogens with zero attached hydrogens (tertiary/aromatic N) is 4. The highest BCUT2D eigenvalue weighted by Crippen LogP contribution is 2.24. The van der Waals surface area contributed by atoms with Gasteiger partial charge in [0.2, 0.25) is 5.91 Å². The lowest BCUT2D eigenvalue weighted by Gasteiger charge is -2.13. The van der Waals surface area contributed by atoms with Crippen LogP contribution in [0.1, 0.15) is 49.1 Å². The van der Waals surface area contributed by atoms with Crippen LogP contribution in [0.4, 0.5) is 5.69 Å². The summed E-state index contributed by atoms with van der Waals surface area (Å²) < 4.78 is 2.89. The highest BCUT2D eigenvalue weighted by molar-refractivity contribution is 5.90. The molecule has 1 N–H and O–H groups in total. The summed E-state index contributed by atoms with van der Waals surface area (Å²) in [6.45, 7) is 10.0. The topological polar surface area (TPSA) is 81.8 Å². The molecule has 7 heteroatoms. The lowest BCUT2D eigenvalue weighted by molar-refractivity contribution is -0.117. The van der Waals surface area contributed by atoms with E-state index < -0.39 is 0 Å². The number of carbonyl (C=O) groups excluding carboxylic acids is 1. The third-order valence-electron chi connectivity index (χ3n) is 5.93. The van der Waals surface area contributed by atoms with E-state index in [-0.39, 0.29) is 23.9 Å². The Bertz CT molecular complexity index is 1380. The van der Waals surface area contributed by atoms with E-state index in [0.29, 0.717) is 16.6 Å². The molecule has 2 heterocycles. The van der Waals surface area contributed by atoms with Gasteiger partial charge in [-0.2, -0.15) is 10.2 Å². The van der Waals surface area contributed by atoms with Crippen LogP contribution >= 0.6 is 0 Å². The van der Waals surface area contributed by atoms with E-state index >= 15 is 0 Å². The number of benzene rings is 2. The molecule has 4 aromatic rings. The summed E-state index contributed by atoms with van der Waals surface area (Å²) in [5.74, 6) is -0.249. The third kappa shape index (κ3) is 4.44. The molecule has 0 aliphatic carbocycles. The summed E-state index contributed by atoms with van der Waals surface area (Å²) in [5.41, 5.74) is 5.79. The summed E-state index contributed by atoms with van der Waals surface area (Å²) in [4.78, 5) is 26.2. The van der Waals surface area contributed by atoms with Crippen LogP contribution in [-0.2, 0) is 17.8 Å². The van der Waals surface area contributed by atoms with Gasteiger partial charge >= 0.3 is 0 Å². The van der Waals surface area contributed by atoms with Crippen LogP contribution in [0.25, 0.3) is 16.6 Å². The fourth-order valence-electron chi connectivity index (χ4n) is 3.84. The number of anilines is 1. The van der Waals surface area contributed by atoms with Gasteiger partial charge in [0.25, 0.3) is 5.56 Å². The number of hydrogen-bond donors (Lipinski definition) is 1. The van der Waals surface area contributed by atoms with Crippen molar-refractivity contribution < 1.29 is 4.79 Å². The molecule has 2 aromatic heterocycles. The molecule has 170 valence electrons. The predicted octanol–water partition coefficient (Wildman–Crippen LogP) is 4.52. The highest BCUT2D eigenvalue weighted by Gasteiger charge is 2.20. The average Bonchev–Trinajstić information content (AvgIpc) is 3.23. The monoisotopic (exact) mass is 443 g/mol. The van der Waals surface area contributed by atoms with Crippen molar-refractivity contribution in [2.24, 2.45) is 0 Å². The van der Waals surface area contributed by atoms with Gasteiger partial charge < -0.3 is 5.32 Å². The third-order valence-corrected chi connectivity index (χ3v) is 5.93. The fraction of sp³-hybridized carbons (Fsp3) is 0.308. The molecule has 2 aromatic carbocycles. The van der Waals surface area contributed by atoms with Crippen molar-refractivity contribution in [3.63, 3.8) is 0 Å². The van der Waals surface area contributed by atoms with Crippen molar-refractivity contribution in [2.75, 3.05) is 5.32 Å². The molecule has 4 rings (SSSR count). The zero-order chi connectivity index (χ0) is 23.7. The number of fused-ring (bicyclic) bond motifs is 1. The fourth-order valence-corrected chi connectivity index (χ4v) is 3.84. The van der Waals surface area contributed by atoms with E-state index in [1.807, 2.05) is 70.2 Å². The smallest absolute Gasteiger partial charge is 0.293 e. The lowest BCUT2D eigenvalue weighted by atomic mass is 10.1. The van der Waals surface area contributed by atoms with Crippen LogP contribution in [0.5, 0.6) is 0 Å². The van der Waals surface area contributed by atoms with E-state index in [2.05, 4.69) is 22.4 Å². The number of aromatic nitrogens is 4. The summed E-state index contributed by atoms with van der Waals surface area (Å²) in [7, 11) is 0. The molecular formula is C26H29N5O2. The molecule has 0 aliphatic heterocycles. The predicted molar refractivity (Wildman–Crippen MR) is 131 cm³/mol. The van der Waals surface area contributed by atoms with Crippen LogP contribution in [0.2, 0.25) is 0 Å². The Labute approximate surface area is 193 Å². The maximum atomic E-state index is 13.4. The van der Waals surface area contributed by atoms with Gasteiger partial charge in [0, 0.05) is 11.1 Å². The lowest BCUT2D eigenvalue weighted by Crippen LogP contribution is -2.31. The Morgan fingerprint density at radius 3 is 2.42 bits per heavy atom. The quantitative estimate of drug-likeness (QED) is 0.475. The minimum absolute atomic E-state index is 0.0569. The first kappa shape index (κ1) is 22.5. The van der Waals surface area contributed by atoms with Crippen LogP contribution in [0, 0.1) is 13.8 Å². The van der Waals surface area contributed by atoms with Crippen molar-refractivity contribution in [2.45, 2.75) is 53.5 Å². The summed E-state index contributed by atoms with van der Waals surface area (Å²) in [5, 5.41) is 12.6. The minimum atomic E-state index is -0.346. The molecule has 7 nitrogen and oxygen atoms in total. The summed E-state index contributed by atoms with van der Waals surface area (Å²) in [6, 6.07) is 13.7. The van der Waals surface area contributed by atoms with Crippen LogP contribution in [-0.4, -0.2) is 25.5 Å². The van der Waals surface area contributed by atoms with Crippen molar-refractivity contribution in [1.82, 2.24) is 19.6 Å². The molecule has 0 aliphatic rings. The van der Waals surface area contributed by atoms with E-state index in [0.717, 1.165) is 23.4 Å². The van der Waals surface area contributed by atoms with E-state index in [9.17, 15) is 9.59 Å². The second-order valence-electron chi connectivity index (χ2n) is 8.69. The minimum Gasteiger partial charge on any atom is -0.324 e. The summed E-state index contributed by atoms with van der Waals surface area (Å²) >= 11 is 0. The van der Waals surface area contributed by atoms with Crippen molar-refractivity contribution >= 4 is 22.5 Å². The van der Waals surface area contributed by atoms with Gasteiger partial charge in [0.1, 0.15) is 12.1 Å². The Kier molecular flexibility index (Phi) is 6.14. The van der Waals surface area contributed by atoms with Gasteiger partial charge in [0.05, 0.1) is 17.6 Å². The SMILES string of the molecule is CCc1ccc(NC(=O)Cn2nc(C(C)C)c3cnn(-c4ccc(C)c(C)c4)c3c2=O)cc1. The number of rotatable bonds is 6. The van der Waals surface area contributed by atoms with Crippen LogP contribution in [0.15, 0.2) is 53.5 Å². The Hall–Kier alpha value is -3.74. The maximum Gasteiger partial charge on any atom is 0.293 e. The standard InChI is InChI=1S/C26H29N5O2/c1-6-19-8-10-20(11-9-19)28-23(32)15-30-26(33)25-22(24(29-30)16(2)3)14-27-31(25)21-12-7-17(4)18(5)13-21/h7-14,16H,6,15H2,1-5H3,(H,28,32). The number of aryl methyl sites for hydroxylation is 3. The Morgan fingerprint density at radius 2 is 1.79 bits per heavy atom. The number of amides is 1. The molecular weight excluding hydrogens is 414 g/mol. The van der Waals surface area contributed by atoms with Crippen molar-refractivity contribution in [3.8, 4) is 5.69 Å². The van der Waals surface area contributed by atoms with E-state index in [1.165, 1.54) is 15.8 Å². The van der Waals surface area contributed by atoms with Gasteiger partial charge in [-0.1, -0.05) is 39.0 Å². The van der Waals surface area contributed by atoms with Gasteiger partial charge in [-0.05, 0) is 67.1 Å². The first-order valence-electron chi connectivity index (χ1n) is 11.2. The number of hydrogen-bond acceptors (Lipinski definition) is 4. The molecule has 1 amide bonds. The van der Waals surface area contributed by atoms with Gasteiger partial charge in [-0.3, -0.25) is 9.59 Å². The first-order chi connectivity index (χ1) is 15.8. The average molecular weight is 444 g/mol. The molecule has 0 spiro atoms. The zero-order valence-corrected chi connectivity index (χ0v) is 19.7.